The van der Waals surface area contributed by atoms with Crippen LogP contribution in [0.5, 0.6) is 0 Å². The zero-order valence-electron chi connectivity index (χ0n) is 6.09. The molecular weight excluding hydrogens is 134 g/mol. The Kier molecular flexibility index (Phi) is 2.86. The third-order valence-electron chi connectivity index (χ3n) is 0.905. The van der Waals surface area contributed by atoms with Crippen LogP contribution in [0.1, 0.15) is 13.8 Å². The average Bonchev–Trinajstić information content (AvgIpc) is 1.85. The zero-order valence-corrected chi connectivity index (χ0v) is 6.09. The van der Waals surface area contributed by atoms with Gasteiger partial charge in [-0.15, -0.1) is 0 Å². The number of aldehydes is 1. The molecule has 58 valence electrons. The van der Waals surface area contributed by atoms with Gasteiger partial charge in [-0.1, -0.05) is 0 Å². The minimum Gasteiger partial charge on any atom is -0.449 e. The molecule has 2 N–H and O–H groups in total. The van der Waals surface area contributed by atoms with Crippen molar-refractivity contribution in [3.05, 3.63) is 0 Å². The Hall–Kier alpha value is -1.06. The van der Waals surface area contributed by atoms with Gasteiger partial charge in [0.05, 0.1) is 5.41 Å². The summed E-state index contributed by atoms with van der Waals surface area (Å²) in [6, 6.07) is 0. The fourth-order valence-electron chi connectivity index (χ4n) is 0.291. The number of primary amides is 1. The fourth-order valence-corrected chi connectivity index (χ4v) is 0.291. The highest BCUT2D eigenvalue weighted by molar-refractivity contribution is 5.65. The molecular formula is C6H11NO3. The van der Waals surface area contributed by atoms with Gasteiger partial charge in [0, 0.05) is 0 Å². The zero-order chi connectivity index (χ0) is 8.20. The minimum atomic E-state index is -0.852. The maximum absolute atomic E-state index is 10.2. The number of carbonyl (C=O) groups excluding carboxylic acids is 2. The number of carbonyl (C=O) groups is 2. The summed E-state index contributed by atoms with van der Waals surface area (Å²) in [6.45, 7) is 3.34. The number of rotatable bonds is 3. The highest BCUT2D eigenvalue weighted by Gasteiger charge is 2.17. The molecule has 0 radical (unpaired) electrons. The van der Waals surface area contributed by atoms with E-state index in [0.717, 1.165) is 6.29 Å². The quantitative estimate of drug-likeness (QED) is 0.581. The highest BCUT2D eigenvalue weighted by atomic mass is 16.5. The van der Waals surface area contributed by atoms with Crippen molar-refractivity contribution < 1.29 is 14.3 Å². The molecule has 4 heteroatoms. The van der Waals surface area contributed by atoms with E-state index in [1.165, 1.54) is 0 Å². The van der Waals surface area contributed by atoms with Crippen LogP contribution < -0.4 is 5.73 Å². The highest BCUT2D eigenvalue weighted by Crippen LogP contribution is 2.10. The number of nitrogens with two attached hydrogens (primary N) is 1. The van der Waals surface area contributed by atoms with Gasteiger partial charge in [0.2, 0.25) is 0 Å². The molecule has 0 aliphatic rings. The summed E-state index contributed by atoms with van der Waals surface area (Å²) < 4.78 is 4.41. The van der Waals surface area contributed by atoms with Crippen LogP contribution >= 0.6 is 0 Å². The molecule has 0 aliphatic heterocycles. The summed E-state index contributed by atoms with van der Waals surface area (Å²) in [6.07, 6.45) is -0.134. The predicted molar refractivity (Wildman–Crippen MR) is 35.4 cm³/mol. The van der Waals surface area contributed by atoms with Gasteiger partial charge in [-0.25, -0.2) is 4.79 Å². The van der Waals surface area contributed by atoms with Crippen LogP contribution in [-0.4, -0.2) is 19.0 Å². The van der Waals surface area contributed by atoms with Crippen LogP contribution in [0.3, 0.4) is 0 Å². The first-order valence-corrected chi connectivity index (χ1v) is 2.86. The molecule has 0 saturated carbocycles. The maximum atomic E-state index is 10.2. The van der Waals surface area contributed by atoms with Crippen molar-refractivity contribution in [2.24, 2.45) is 11.1 Å². The minimum absolute atomic E-state index is 0.0336. The summed E-state index contributed by atoms with van der Waals surface area (Å²) in [5.41, 5.74) is 4.05. The van der Waals surface area contributed by atoms with Gasteiger partial charge in [-0.2, -0.15) is 0 Å². The van der Waals surface area contributed by atoms with Gasteiger partial charge in [-0.05, 0) is 13.8 Å². The molecule has 0 aromatic heterocycles. The van der Waals surface area contributed by atoms with E-state index >= 15 is 0 Å². The Labute approximate surface area is 59.3 Å². The molecule has 4 nitrogen and oxygen atoms in total. The first kappa shape index (κ1) is 8.94. The second kappa shape index (κ2) is 3.20. The van der Waals surface area contributed by atoms with Crippen molar-refractivity contribution >= 4 is 12.4 Å². The van der Waals surface area contributed by atoms with E-state index in [4.69, 9.17) is 0 Å². The Morgan fingerprint density at radius 3 is 2.50 bits per heavy atom. The van der Waals surface area contributed by atoms with E-state index in [2.05, 4.69) is 10.5 Å². The van der Waals surface area contributed by atoms with E-state index in [-0.39, 0.29) is 6.61 Å². The maximum Gasteiger partial charge on any atom is 0.404 e. The Bertz CT molecular complexity index is 142. The molecule has 0 aromatic carbocycles. The van der Waals surface area contributed by atoms with Crippen molar-refractivity contribution in [2.45, 2.75) is 13.8 Å². The summed E-state index contributed by atoms with van der Waals surface area (Å²) in [5, 5.41) is 0. The molecule has 0 fully saturated rings. The number of ether oxygens (including phenoxy) is 1. The van der Waals surface area contributed by atoms with Gasteiger partial charge < -0.3 is 15.3 Å². The Morgan fingerprint density at radius 2 is 2.20 bits per heavy atom. The molecule has 0 atom stereocenters. The molecule has 0 bridgehead atoms. The van der Waals surface area contributed by atoms with Gasteiger partial charge in [-0.3, -0.25) is 0 Å². The van der Waals surface area contributed by atoms with Gasteiger partial charge >= 0.3 is 6.09 Å². The van der Waals surface area contributed by atoms with Gasteiger partial charge in [0.25, 0.3) is 0 Å². The molecule has 0 rings (SSSR count). The average molecular weight is 145 g/mol. The third-order valence-corrected chi connectivity index (χ3v) is 0.905. The number of hydrogen-bond donors (Lipinski definition) is 1. The van der Waals surface area contributed by atoms with Crippen molar-refractivity contribution in [1.29, 1.82) is 0 Å². The van der Waals surface area contributed by atoms with Crippen LogP contribution in [0.4, 0.5) is 4.79 Å². The van der Waals surface area contributed by atoms with E-state index in [1.54, 1.807) is 13.8 Å². The van der Waals surface area contributed by atoms with E-state index in [1.807, 2.05) is 0 Å². The molecule has 1 amide bonds. The van der Waals surface area contributed by atoms with Crippen LogP contribution in [0.25, 0.3) is 0 Å². The topological polar surface area (TPSA) is 69.4 Å². The van der Waals surface area contributed by atoms with Gasteiger partial charge in [0.1, 0.15) is 12.9 Å². The third kappa shape index (κ3) is 3.88. The lowest BCUT2D eigenvalue weighted by Gasteiger charge is -2.14. The second-order valence-corrected chi connectivity index (χ2v) is 2.71. The van der Waals surface area contributed by atoms with Crippen LogP contribution in [0.15, 0.2) is 0 Å². The predicted octanol–water partition coefficient (Wildman–Crippen LogP) is 0.307. The standard InChI is InChI=1S/C6H11NO3/c1-6(2,3-8)4-10-5(7)9/h3H,4H2,1-2H3,(H2,7,9). The molecule has 0 saturated heterocycles. The molecule has 0 unspecified atom stereocenters. The smallest absolute Gasteiger partial charge is 0.404 e. The summed E-state index contributed by atoms with van der Waals surface area (Å²) >= 11 is 0. The first-order valence-electron chi connectivity index (χ1n) is 2.86. The van der Waals surface area contributed by atoms with Crippen molar-refractivity contribution in [1.82, 2.24) is 0 Å². The van der Waals surface area contributed by atoms with Crippen molar-refractivity contribution in [3.63, 3.8) is 0 Å². The lowest BCUT2D eigenvalue weighted by atomic mass is 9.98. The van der Waals surface area contributed by atoms with E-state index in [9.17, 15) is 9.59 Å². The van der Waals surface area contributed by atoms with Crippen molar-refractivity contribution in [3.8, 4) is 0 Å². The van der Waals surface area contributed by atoms with Crippen molar-refractivity contribution in [2.75, 3.05) is 6.61 Å². The molecule has 0 aliphatic carbocycles. The van der Waals surface area contributed by atoms with E-state index in [0.29, 0.717) is 0 Å². The SMILES string of the molecule is CC(C)(C=O)COC(N)=O. The largest absolute Gasteiger partial charge is 0.449 e. The summed E-state index contributed by atoms with van der Waals surface area (Å²) in [7, 11) is 0. The number of hydrogen-bond acceptors (Lipinski definition) is 3. The van der Waals surface area contributed by atoms with E-state index < -0.39 is 11.5 Å². The lowest BCUT2D eigenvalue weighted by Crippen LogP contribution is -2.25. The molecule has 0 aromatic rings. The molecule has 10 heavy (non-hydrogen) atoms. The first-order chi connectivity index (χ1) is 4.48. The summed E-state index contributed by atoms with van der Waals surface area (Å²) in [4.78, 5) is 20.3. The molecule has 0 spiro atoms. The molecule has 0 heterocycles. The fraction of sp³-hybridized carbons (Fsp3) is 0.667. The monoisotopic (exact) mass is 145 g/mol. The Balaban J connectivity index is 3.67. The van der Waals surface area contributed by atoms with Gasteiger partial charge in [0.15, 0.2) is 0 Å². The summed E-state index contributed by atoms with van der Waals surface area (Å²) in [5.74, 6) is 0. The normalized spacial score (nSPS) is 10.6. The van der Waals surface area contributed by atoms with Crippen LogP contribution in [0, 0.1) is 5.41 Å². The van der Waals surface area contributed by atoms with Crippen LogP contribution in [0.2, 0.25) is 0 Å². The number of amides is 1. The van der Waals surface area contributed by atoms with Crippen LogP contribution in [-0.2, 0) is 9.53 Å². The lowest BCUT2D eigenvalue weighted by molar-refractivity contribution is -0.116. The Morgan fingerprint density at radius 1 is 1.70 bits per heavy atom. The second-order valence-electron chi connectivity index (χ2n) is 2.71.